The van der Waals surface area contributed by atoms with E-state index in [9.17, 15) is 0 Å². The SMILES string of the molecule is COc1ccc(CNCC2(CCO)CC2)cc1C. The van der Waals surface area contributed by atoms with Gasteiger partial charge in [0.25, 0.3) is 0 Å². The Kier molecular flexibility index (Phi) is 4.25. The molecule has 0 spiro atoms. The number of ether oxygens (including phenoxy) is 1. The van der Waals surface area contributed by atoms with E-state index in [1.54, 1.807) is 7.11 Å². The van der Waals surface area contributed by atoms with Crippen LogP contribution in [0.5, 0.6) is 5.75 Å². The zero-order valence-corrected chi connectivity index (χ0v) is 11.3. The van der Waals surface area contributed by atoms with Crippen LogP contribution in [0.2, 0.25) is 0 Å². The van der Waals surface area contributed by atoms with E-state index >= 15 is 0 Å². The third kappa shape index (κ3) is 3.24. The van der Waals surface area contributed by atoms with Crippen LogP contribution in [-0.2, 0) is 6.54 Å². The first-order valence-corrected chi connectivity index (χ1v) is 6.64. The molecule has 1 saturated carbocycles. The molecular formula is C15H23NO2. The van der Waals surface area contributed by atoms with Crippen LogP contribution in [0.15, 0.2) is 18.2 Å². The molecule has 0 heterocycles. The van der Waals surface area contributed by atoms with Gasteiger partial charge in [-0.2, -0.15) is 0 Å². The van der Waals surface area contributed by atoms with Crippen LogP contribution in [0.1, 0.15) is 30.4 Å². The average molecular weight is 249 g/mol. The van der Waals surface area contributed by atoms with E-state index in [0.717, 1.165) is 25.3 Å². The van der Waals surface area contributed by atoms with Gasteiger partial charge in [0.15, 0.2) is 0 Å². The normalized spacial score (nSPS) is 16.6. The maximum atomic E-state index is 9.01. The van der Waals surface area contributed by atoms with Crippen molar-refractivity contribution in [2.24, 2.45) is 5.41 Å². The summed E-state index contributed by atoms with van der Waals surface area (Å²) in [6.07, 6.45) is 3.44. The molecule has 0 aliphatic heterocycles. The fraction of sp³-hybridized carbons (Fsp3) is 0.600. The van der Waals surface area contributed by atoms with Crippen molar-refractivity contribution in [3.63, 3.8) is 0 Å². The molecule has 1 aromatic carbocycles. The zero-order chi connectivity index (χ0) is 13.0. The van der Waals surface area contributed by atoms with E-state index in [-0.39, 0.29) is 0 Å². The lowest BCUT2D eigenvalue weighted by atomic mass is 10.0. The Morgan fingerprint density at radius 1 is 1.39 bits per heavy atom. The molecule has 1 fully saturated rings. The molecular weight excluding hydrogens is 226 g/mol. The van der Waals surface area contributed by atoms with E-state index < -0.39 is 0 Å². The van der Waals surface area contributed by atoms with Gasteiger partial charge in [-0.3, -0.25) is 0 Å². The smallest absolute Gasteiger partial charge is 0.121 e. The van der Waals surface area contributed by atoms with Crippen molar-refractivity contribution in [1.29, 1.82) is 0 Å². The van der Waals surface area contributed by atoms with Gasteiger partial charge in [-0.15, -0.1) is 0 Å². The summed E-state index contributed by atoms with van der Waals surface area (Å²) in [5.74, 6) is 0.942. The van der Waals surface area contributed by atoms with Gasteiger partial charge in [0.05, 0.1) is 7.11 Å². The fourth-order valence-corrected chi connectivity index (χ4v) is 2.45. The van der Waals surface area contributed by atoms with E-state index in [4.69, 9.17) is 9.84 Å². The van der Waals surface area contributed by atoms with Crippen molar-refractivity contribution in [2.45, 2.75) is 32.7 Å². The summed E-state index contributed by atoms with van der Waals surface area (Å²) < 4.78 is 5.25. The van der Waals surface area contributed by atoms with Crippen LogP contribution >= 0.6 is 0 Å². The maximum absolute atomic E-state index is 9.01. The Labute approximate surface area is 109 Å². The largest absolute Gasteiger partial charge is 0.496 e. The highest BCUT2D eigenvalue weighted by atomic mass is 16.5. The minimum Gasteiger partial charge on any atom is -0.496 e. The molecule has 3 heteroatoms. The van der Waals surface area contributed by atoms with Crippen molar-refractivity contribution in [2.75, 3.05) is 20.3 Å². The summed E-state index contributed by atoms with van der Waals surface area (Å²) in [6, 6.07) is 6.29. The molecule has 3 nitrogen and oxygen atoms in total. The van der Waals surface area contributed by atoms with Gasteiger partial charge in [0.2, 0.25) is 0 Å². The van der Waals surface area contributed by atoms with E-state index in [2.05, 4.69) is 24.4 Å². The molecule has 0 aromatic heterocycles. The summed E-state index contributed by atoms with van der Waals surface area (Å²) in [4.78, 5) is 0. The topological polar surface area (TPSA) is 41.5 Å². The van der Waals surface area contributed by atoms with Crippen LogP contribution in [0.3, 0.4) is 0 Å². The summed E-state index contributed by atoms with van der Waals surface area (Å²) >= 11 is 0. The molecule has 2 rings (SSSR count). The standard InChI is InChI=1S/C15H23NO2/c1-12-9-13(3-4-14(12)18-2)10-16-11-15(5-6-15)7-8-17/h3-4,9,16-17H,5-8,10-11H2,1-2H3. The van der Waals surface area contributed by atoms with Gasteiger partial charge in [0, 0.05) is 19.7 Å². The fourth-order valence-electron chi connectivity index (χ4n) is 2.45. The van der Waals surface area contributed by atoms with Crippen LogP contribution in [0, 0.1) is 12.3 Å². The molecule has 2 N–H and O–H groups in total. The maximum Gasteiger partial charge on any atom is 0.121 e. The molecule has 0 bridgehead atoms. The second kappa shape index (κ2) is 5.72. The average Bonchev–Trinajstić information content (AvgIpc) is 3.10. The molecule has 0 saturated heterocycles. The first-order valence-electron chi connectivity index (χ1n) is 6.64. The van der Waals surface area contributed by atoms with Gasteiger partial charge < -0.3 is 15.2 Å². The van der Waals surface area contributed by atoms with E-state index in [0.29, 0.717) is 12.0 Å². The lowest BCUT2D eigenvalue weighted by Crippen LogP contribution is -2.24. The Hall–Kier alpha value is -1.06. The summed E-state index contributed by atoms with van der Waals surface area (Å²) in [6.45, 7) is 4.27. The van der Waals surface area contributed by atoms with E-state index in [1.807, 2.05) is 6.07 Å². The molecule has 1 aliphatic carbocycles. The van der Waals surface area contributed by atoms with Gasteiger partial charge in [-0.05, 0) is 48.8 Å². The number of aryl methyl sites for hydroxylation is 1. The predicted molar refractivity (Wildman–Crippen MR) is 72.8 cm³/mol. The second-order valence-corrected chi connectivity index (χ2v) is 5.38. The lowest BCUT2D eigenvalue weighted by Gasteiger charge is -2.15. The quantitative estimate of drug-likeness (QED) is 0.779. The number of hydrogen-bond acceptors (Lipinski definition) is 3. The van der Waals surface area contributed by atoms with Gasteiger partial charge in [-0.1, -0.05) is 12.1 Å². The van der Waals surface area contributed by atoms with E-state index in [1.165, 1.54) is 24.0 Å². The molecule has 0 unspecified atom stereocenters. The van der Waals surface area contributed by atoms with Crippen LogP contribution in [-0.4, -0.2) is 25.4 Å². The first kappa shape index (κ1) is 13.4. The van der Waals surface area contributed by atoms with Crippen molar-refractivity contribution < 1.29 is 9.84 Å². The third-order valence-corrected chi connectivity index (χ3v) is 3.89. The molecule has 0 atom stereocenters. The third-order valence-electron chi connectivity index (χ3n) is 3.89. The van der Waals surface area contributed by atoms with Crippen molar-refractivity contribution in [3.05, 3.63) is 29.3 Å². The number of aliphatic hydroxyl groups is 1. The Balaban J connectivity index is 1.82. The second-order valence-electron chi connectivity index (χ2n) is 5.38. The summed E-state index contributed by atoms with van der Waals surface area (Å²) in [7, 11) is 1.70. The summed E-state index contributed by atoms with van der Waals surface area (Å²) in [5.41, 5.74) is 2.84. The van der Waals surface area contributed by atoms with Crippen LogP contribution < -0.4 is 10.1 Å². The van der Waals surface area contributed by atoms with Crippen LogP contribution in [0.4, 0.5) is 0 Å². The minimum atomic E-state index is 0.309. The van der Waals surface area contributed by atoms with Crippen molar-refractivity contribution in [1.82, 2.24) is 5.32 Å². The highest BCUT2D eigenvalue weighted by molar-refractivity contribution is 5.36. The number of hydrogen-bond donors (Lipinski definition) is 2. The summed E-state index contributed by atoms with van der Waals surface area (Å²) in [5, 5.41) is 12.5. The van der Waals surface area contributed by atoms with Crippen molar-refractivity contribution >= 4 is 0 Å². The van der Waals surface area contributed by atoms with Crippen molar-refractivity contribution in [3.8, 4) is 5.75 Å². The minimum absolute atomic E-state index is 0.309. The zero-order valence-electron chi connectivity index (χ0n) is 11.3. The molecule has 18 heavy (non-hydrogen) atoms. The number of methoxy groups -OCH3 is 1. The predicted octanol–water partition coefficient (Wildman–Crippen LogP) is 2.26. The van der Waals surface area contributed by atoms with Crippen LogP contribution in [0.25, 0.3) is 0 Å². The Bertz CT molecular complexity index is 399. The number of aliphatic hydroxyl groups excluding tert-OH is 1. The molecule has 1 aromatic rings. The Morgan fingerprint density at radius 3 is 2.72 bits per heavy atom. The van der Waals surface area contributed by atoms with Gasteiger partial charge in [-0.25, -0.2) is 0 Å². The van der Waals surface area contributed by atoms with Gasteiger partial charge >= 0.3 is 0 Å². The number of rotatable bonds is 7. The Morgan fingerprint density at radius 2 is 2.17 bits per heavy atom. The molecule has 0 radical (unpaired) electrons. The lowest BCUT2D eigenvalue weighted by molar-refractivity contribution is 0.245. The first-order chi connectivity index (χ1) is 8.69. The molecule has 1 aliphatic rings. The highest BCUT2D eigenvalue weighted by Gasteiger charge is 2.41. The highest BCUT2D eigenvalue weighted by Crippen LogP contribution is 2.47. The monoisotopic (exact) mass is 249 g/mol. The van der Waals surface area contributed by atoms with Gasteiger partial charge in [0.1, 0.15) is 5.75 Å². The molecule has 100 valence electrons. The number of benzene rings is 1. The molecule has 0 amide bonds. The number of nitrogens with one attached hydrogen (secondary N) is 1.